The fourth-order valence-corrected chi connectivity index (χ4v) is 7.18. The Balaban J connectivity index is 1.89. The van der Waals surface area contributed by atoms with Crippen molar-refractivity contribution in [3.05, 3.63) is 52.4 Å². The van der Waals surface area contributed by atoms with E-state index in [4.69, 9.17) is 10.5 Å². The number of hydrogen-bond acceptors (Lipinski definition) is 10. The number of thiazole rings is 1. The number of ether oxygens (including phenoxy) is 1. The Labute approximate surface area is 211 Å². The Morgan fingerprint density at radius 2 is 1.86 bits per heavy atom. The summed E-state index contributed by atoms with van der Waals surface area (Å²) in [6.45, 7) is 0. The quantitative estimate of drug-likeness (QED) is 0.387. The first-order valence-corrected chi connectivity index (χ1v) is 13.8. The van der Waals surface area contributed by atoms with E-state index in [1.54, 1.807) is 24.3 Å². The predicted octanol–water partition coefficient (Wildman–Crippen LogP) is 3.38. The molecule has 2 N–H and O–H groups in total. The van der Waals surface area contributed by atoms with Crippen molar-refractivity contribution in [1.29, 1.82) is 0 Å². The van der Waals surface area contributed by atoms with Crippen molar-refractivity contribution >= 4 is 59.4 Å². The zero-order valence-electron chi connectivity index (χ0n) is 19.8. The van der Waals surface area contributed by atoms with E-state index >= 15 is 0 Å². The molecule has 2 heterocycles. The van der Waals surface area contributed by atoms with E-state index in [9.17, 15) is 18.0 Å². The summed E-state index contributed by atoms with van der Waals surface area (Å²) in [7, 11) is -1.34. The molecule has 0 radical (unpaired) electrons. The molecule has 0 aliphatic heterocycles. The average Bonchev–Trinajstić information content (AvgIpc) is 3.29. The molecular formula is C24H25N5O5S2. The molecule has 0 unspecified atom stereocenters. The van der Waals surface area contributed by atoms with Crippen molar-refractivity contribution in [3.63, 3.8) is 0 Å². The van der Waals surface area contributed by atoms with Gasteiger partial charge in [-0.3, -0.25) is 4.79 Å². The van der Waals surface area contributed by atoms with Crippen LogP contribution in [-0.2, 0) is 14.8 Å². The van der Waals surface area contributed by atoms with E-state index in [2.05, 4.69) is 14.9 Å². The summed E-state index contributed by atoms with van der Waals surface area (Å²) in [4.78, 5) is 36.8. The SMILES string of the molecule is COC(=O)c1nc2cc(N(C)C3CCCCC3)c3nc(N)sc3c2n(S(=O)(=O)c2ccccc2)c1=O. The first-order chi connectivity index (χ1) is 17.2. The molecule has 5 rings (SSSR count). The number of hydrogen-bond donors (Lipinski definition) is 1. The number of nitrogens with zero attached hydrogens (tertiary/aromatic N) is 4. The third-order valence-corrected chi connectivity index (χ3v) is 9.19. The zero-order valence-corrected chi connectivity index (χ0v) is 21.4. The Kier molecular flexibility index (Phi) is 6.17. The van der Waals surface area contributed by atoms with Crippen molar-refractivity contribution in [1.82, 2.24) is 13.9 Å². The summed E-state index contributed by atoms with van der Waals surface area (Å²) < 4.78 is 33.3. The third-order valence-electron chi connectivity index (χ3n) is 6.60. The summed E-state index contributed by atoms with van der Waals surface area (Å²) in [5.74, 6) is -1.02. The lowest BCUT2D eigenvalue weighted by atomic mass is 9.94. The second-order valence-electron chi connectivity index (χ2n) is 8.74. The standard InChI is InChI=1S/C24H25N5O5S2/c1-28(14-9-5-3-6-10-14)17-13-16-20(21-18(17)27-24(25)35-21)29(22(30)19(26-16)23(31)34-2)36(32,33)15-11-7-4-8-12-15/h4,7-8,11-14H,3,5-6,9-10H2,1-2H3,(H2,25,27). The van der Waals surface area contributed by atoms with Crippen molar-refractivity contribution in [2.45, 2.75) is 43.0 Å². The first-order valence-electron chi connectivity index (χ1n) is 11.5. The molecule has 0 amide bonds. The molecule has 1 aliphatic carbocycles. The fraction of sp³-hybridized carbons (Fsp3) is 0.333. The molecule has 188 valence electrons. The van der Waals surface area contributed by atoms with Gasteiger partial charge in [0.25, 0.3) is 15.6 Å². The van der Waals surface area contributed by atoms with Gasteiger partial charge in [-0.25, -0.2) is 23.2 Å². The molecule has 1 aliphatic rings. The first kappa shape index (κ1) is 24.2. The normalized spacial score (nSPS) is 14.8. The van der Waals surface area contributed by atoms with Gasteiger partial charge in [0.15, 0.2) is 5.13 Å². The van der Waals surface area contributed by atoms with E-state index in [-0.39, 0.29) is 27.1 Å². The Hall–Kier alpha value is -3.51. The van der Waals surface area contributed by atoms with Crippen molar-refractivity contribution in [2.75, 3.05) is 24.8 Å². The number of benzene rings is 2. The third kappa shape index (κ3) is 3.90. The summed E-state index contributed by atoms with van der Waals surface area (Å²) in [5, 5.41) is 0.226. The maximum absolute atomic E-state index is 13.8. The molecule has 0 spiro atoms. The molecule has 4 aromatic rings. The number of nitrogens with two attached hydrogens (primary N) is 1. The zero-order chi connectivity index (χ0) is 25.6. The number of rotatable bonds is 5. The van der Waals surface area contributed by atoms with Crippen molar-refractivity contribution in [2.24, 2.45) is 0 Å². The van der Waals surface area contributed by atoms with Crippen LogP contribution < -0.4 is 16.2 Å². The number of carbonyl (C=O) groups is 1. The van der Waals surface area contributed by atoms with Gasteiger partial charge in [-0.15, -0.1) is 0 Å². The number of methoxy groups -OCH3 is 1. The second-order valence-corrected chi connectivity index (χ2v) is 11.6. The number of fused-ring (bicyclic) bond motifs is 3. The van der Waals surface area contributed by atoms with Gasteiger partial charge in [0, 0.05) is 13.1 Å². The van der Waals surface area contributed by atoms with E-state index in [0.717, 1.165) is 44.1 Å². The minimum atomic E-state index is -4.42. The molecule has 36 heavy (non-hydrogen) atoms. The molecule has 0 atom stereocenters. The largest absolute Gasteiger partial charge is 0.464 e. The average molecular weight is 528 g/mol. The molecule has 12 heteroatoms. The summed E-state index contributed by atoms with van der Waals surface area (Å²) in [6, 6.07) is 9.49. The minimum absolute atomic E-state index is 0.0292. The topological polar surface area (TPSA) is 137 Å². The number of aromatic nitrogens is 3. The maximum atomic E-state index is 13.8. The van der Waals surface area contributed by atoms with Crippen LogP contribution in [0.25, 0.3) is 21.3 Å². The van der Waals surface area contributed by atoms with Gasteiger partial charge in [0.1, 0.15) is 11.0 Å². The molecule has 1 saturated carbocycles. The maximum Gasteiger partial charge on any atom is 0.362 e. The van der Waals surface area contributed by atoms with Crippen LogP contribution in [0.2, 0.25) is 0 Å². The van der Waals surface area contributed by atoms with Gasteiger partial charge >= 0.3 is 5.97 Å². The van der Waals surface area contributed by atoms with Crippen LogP contribution in [0.4, 0.5) is 10.8 Å². The van der Waals surface area contributed by atoms with E-state index in [0.29, 0.717) is 19.9 Å². The van der Waals surface area contributed by atoms with Gasteiger partial charge in [-0.2, -0.15) is 3.97 Å². The number of anilines is 2. The highest BCUT2D eigenvalue weighted by Crippen LogP contribution is 2.39. The highest BCUT2D eigenvalue weighted by molar-refractivity contribution is 7.90. The van der Waals surface area contributed by atoms with Gasteiger partial charge in [-0.1, -0.05) is 48.8 Å². The molecule has 0 saturated heterocycles. The lowest BCUT2D eigenvalue weighted by Crippen LogP contribution is -2.35. The van der Waals surface area contributed by atoms with E-state index < -0.39 is 27.2 Å². The van der Waals surface area contributed by atoms with Gasteiger partial charge in [-0.05, 0) is 31.0 Å². The Bertz CT molecular complexity index is 1640. The fourth-order valence-electron chi connectivity index (χ4n) is 4.79. The van der Waals surface area contributed by atoms with Gasteiger partial charge in [0.2, 0.25) is 5.69 Å². The van der Waals surface area contributed by atoms with Crippen LogP contribution in [0.15, 0.2) is 46.1 Å². The summed E-state index contributed by atoms with van der Waals surface area (Å²) >= 11 is 1.07. The summed E-state index contributed by atoms with van der Waals surface area (Å²) in [6.07, 6.45) is 5.45. The van der Waals surface area contributed by atoms with Crippen LogP contribution in [0.5, 0.6) is 0 Å². The molecule has 1 fully saturated rings. The van der Waals surface area contributed by atoms with Crippen LogP contribution in [0, 0.1) is 0 Å². The molecular weight excluding hydrogens is 502 g/mol. The van der Waals surface area contributed by atoms with Crippen LogP contribution in [0.1, 0.15) is 42.6 Å². The van der Waals surface area contributed by atoms with Crippen molar-refractivity contribution in [3.8, 4) is 0 Å². The number of nitrogen functional groups attached to an aromatic ring is 1. The molecule has 0 bridgehead atoms. The highest BCUT2D eigenvalue weighted by atomic mass is 32.2. The summed E-state index contributed by atoms with van der Waals surface area (Å²) in [5.41, 5.74) is 5.76. The molecule has 2 aromatic heterocycles. The Morgan fingerprint density at radius 1 is 1.17 bits per heavy atom. The lowest BCUT2D eigenvalue weighted by Gasteiger charge is -2.33. The Morgan fingerprint density at radius 3 is 2.53 bits per heavy atom. The second kappa shape index (κ2) is 9.17. The van der Waals surface area contributed by atoms with Gasteiger partial charge in [0.05, 0.1) is 27.9 Å². The van der Waals surface area contributed by atoms with Crippen LogP contribution in [-0.4, -0.2) is 48.5 Å². The van der Waals surface area contributed by atoms with E-state index in [1.807, 2.05) is 7.05 Å². The van der Waals surface area contributed by atoms with Gasteiger partial charge < -0.3 is 15.4 Å². The number of carbonyl (C=O) groups excluding carboxylic acids is 1. The van der Waals surface area contributed by atoms with E-state index in [1.165, 1.54) is 18.6 Å². The van der Waals surface area contributed by atoms with Crippen LogP contribution >= 0.6 is 11.3 Å². The van der Waals surface area contributed by atoms with Crippen LogP contribution in [0.3, 0.4) is 0 Å². The molecule has 2 aromatic carbocycles. The smallest absolute Gasteiger partial charge is 0.362 e. The lowest BCUT2D eigenvalue weighted by molar-refractivity contribution is 0.0592. The monoisotopic (exact) mass is 527 g/mol. The minimum Gasteiger partial charge on any atom is -0.464 e. The van der Waals surface area contributed by atoms with Crippen molar-refractivity contribution < 1.29 is 17.9 Å². The number of esters is 1. The predicted molar refractivity (Wildman–Crippen MR) is 139 cm³/mol. The highest BCUT2D eigenvalue weighted by Gasteiger charge is 2.30. The molecule has 10 nitrogen and oxygen atoms in total.